The topological polar surface area (TPSA) is 113 Å². The molecule has 0 unspecified atom stereocenters. The molecule has 0 amide bonds. The summed E-state index contributed by atoms with van der Waals surface area (Å²) < 4.78 is 65.9. The summed E-state index contributed by atoms with van der Waals surface area (Å²) in [5, 5.41) is 10.7. The van der Waals surface area contributed by atoms with Gasteiger partial charge < -0.3 is 14.6 Å². The molecule has 0 saturated carbocycles. The number of sulfonamides is 2. The summed E-state index contributed by atoms with van der Waals surface area (Å²) in [6.07, 6.45) is -1.13. The van der Waals surface area contributed by atoms with Crippen molar-refractivity contribution in [3.8, 4) is 5.75 Å². The third kappa shape index (κ3) is 6.99. The highest BCUT2D eigenvalue weighted by atomic mass is 32.2. The van der Waals surface area contributed by atoms with Gasteiger partial charge in [-0.1, -0.05) is 48.0 Å². The molecule has 1 saturated heterocycles. The molecule has 0 radical (unpaired) electrons. The van der Waals surface area contributed by atoms with Crippen molar-refractivity contribution in [3.05, 3.63) is 90.0 Å². The molecule has 204 valence electrons. The van der Waals surface area contributed by atoms with Gasteiger partial charge in [-0.05, 0) is 48.9 Å². The Labute approximate surface area is 224 Å². The van der Waals surface area contributed by atoms with Crippen molar-refractivity contribution in [2.24, 2.45) is 0 Å². The van der Waals surface area contributed by atoms with E-state index in [-0.39, 0.29) is 29.5 Å². The van der Waals surface area contributed by atoms with Crippen molar-refractivity contribution >= 4 is 20.0 Å². The van der Waals surface area contributed by atoms with Gasteiger partial charge in [-0.15, -0.1) is 0 Å². The molecular weight excluding hydrogens is 528 g/mol. The first-order valence-corrected chi connectivity index (χ1v) is 15.1. The minimum atomic E-state index is -3.89. The van der Waals surface area contributed by atoms with Crippen LogP contribution in [0, 0.1) is 6.92 Å². The Morgan fingerprint density at radius 3 is 2.13 bits per heavy atom. The first kappa shape index (κ1) is 28.2. The van der Waals surface area contributed by atoms with Gasteiger partial charge in [0.25, 0.3) is 0 Å². The van der Waals surface area contributed by atoms with Crippen LogP contribution in [0.5, 0.6) is 5.75 Å². The van der Waals surface area contributed by atoms with E-state index < -0.39 is 26.2 Å². The van der Waals surface area contributed by atoms with Crippen molar-refractivity contribution in [1.29, 1.82) is 0 Å². The molecule has 0 aromatic heterocycles. The summed E-state index contributed by atoms with van der Waals surface area (Å²) in [6, 6.07) is 21.7. The van der Waals surface area contributed by atoms with Gasteiger partial charge in [0.05, 0.1) is 23.0 Å². The third-order valence-electron chi connectivity index (χ3n) is 6.15. The number of aliphatic hydroxyl groups excluding tert-OH is 1. The van der Waals surface area contributed by atoms with E-state index in [9.17, 15) is 21.9 Å². The van der Waals surface area contributed by atoms with E-state index in [1.165, 1.54) is 32.9 Å². The van der Waals surface area contributed by atoms with Gasteiger partial charge in [-0.3, -0.25) is 0 Å². The highest BCUT2D eigenvalue weighted by molar-refractivity contribution is 7.89. The van der Waals surface area contributed by atoms with Crippen LogP contribution in [-0.2, 0) is 31.3 Å². The number of aliphatic hydroxyl groups is 1. The average Bonchev–Trinajstić information content (AvgIpc) is 2.93. The lowest BCUT2D eigenvalue weighted by Crippen LogP contribution is -2.40. The number of hydrogen-bond acceptors (Lipinski definition) is 7. The van der Waals surface area contributed by atoms with Gasteiger partial charge >= 0.3 is 0 Å². The largest absolute Gasteiger partial charge is 0.491 e. The van der Waals surface area contributed by atoms with Crippen molar-refractivity contribution in [2.75, 3.05) is 39.5 Å². The lowest BCUT2D eigenvalue weighted by atomic mass is 10.2. The molecule has 0 spiro atoms. The maximum Gasteiger partial charge on any atom is 0.243 e. The second kappa shape index (κ2) is 12.4. The van der Waals surface area contributed by atoms with Crippen LogP contribution >= 0.6 is 0 Å². The number of ether oxygens (including phenoxy) is 2. The fourth-order valence-electron chi connectivity index (χ4n) is 4.02. The highest BCUT2D eigenvalue weighted by Crippen LogP contribution is 2.22. The Hall–Kier alpha value is -2.80. The van der Waals surface area contributed by atoms with E-state index in [1.54, 1.807) is 24.3 Å². The lowest BCUT2D eigenvalue weighted by molar-refractivity contribution is 0.0730. The molecule has 3 aromatic carbocycles. The van der Waals surface area contributed by atoms with Crippen LogP contribution < -0.4 is 4.74 Å². The van der Waals surface area contributed by atoms with Crippen molar-refractivity contribution in [1.82, 2.24) is 8.61 Å². The number of benzene rings is 3. The highest BCUT2D eigenvalue weighted by Gasteiger charge is 2.28. The molecule has 1 aliphatic heterocycles. The first-order valence-electron chi connectivity index (χ1n) is 12.3. The predicted molar refractivity (Wildman–Crippen MR) is 143 cm³/mol. The Kier molecular flexibility index (Phi) is 9.19. The quantitative estimate of drug-likeness (QED) is 0.384. The van der Waals surface area contributed by atoms with Crippen molar-refractivity contribution in [3.63, 3.8) is 0 Å². The summed E-state index contributed by atoms with van der Waals surface area (Å²) in [5.74, 6) is 0.362. The third-order valence-corrected chi connectivity index (χ3v) is 9.89. The van der Waals surface area contributed by atoms with E-state index in [0.717, 1.165) is 11.1 Å². The maximum atomic E-state index is 13.4. The Balaban J connectivity index is 1.42. The second-order valence-corrected chi connectivity index (χ2v) is 12.9. The van der Waals surface area contributed by atoms with Gasteiger partial charge in [0.15, 0.2) is 0 Å². The number of hydrogen-bond donors (Lipinski definition) is 1. The molecule has 1 N–H and O–H groups in total. The fraction of sp³-hybridized carbons (Fsp3) is 0.333. The summed E-state index contributed by atoms with van der Waals surface area (Å²) >= 11 is 0. The zero-order chi connectivity index (χ0) is 27.2. The maximum absolute atomic E-state index is 13.4. The van der Waals surface area contributed by atoms with Crippen LogP contribution in [0.4, 0.5) is 0 Å². The summed E-state index contributed by atoms with van der Waals surface area (Å²) in [4.78, 5) is 0.287. The minimum Gasteiger partial charge on any atom is -0.491 e. The van der Waals surface area contributed by atoms with E-state index in [4.69, 9.17) is 9.47 Å². The number of rotatable bonds is 11. The van der Waals surface area contributed by atoms with Gasteiger partial charge in [-0.2, -0.15) is 8.61 Å². The molecule has 38 heavy (non-hydrogen) atoms. The van der Waals surface area contributed by atoms with E-state index >= 15 is 0 Å². The average molecular weight is 561 g/mol. The summed E-state index contributed by atoms with van der Waals surface area (Å²) in [5.41, 5.74) is 1.73. The molecule has 3 aromatic rings. The van der Waals surface area contributed by atoms with Gasteiger partial charge in [0.2, 0.25) is 20.0 Å². The Morgan fingerprint density at radius 2 is 1.50 bits per heavy atom. The van der Waals surface area contributed by atoms with Crippen LogP contribution in [0.15, 0.2) is 88.7 Å². The number of morpholine rings is 1. The molecule has 1 atom stereocenters. The second-order valence-electron chi connectivity index (χ2n) is 9.05. The molecule has 1 aliphatic rings. The zero-order valence-corrected chi connectivity index (χ0v) is 22.8. The number of nitrogens with zero attached hydrogens (tertiary/aromatic N) is 2. The molecule has 0 bridgehead atoms. The molecule has 1 fully saturated rings. The smallest absolute Gasteiger partial charge is 0.243 e. The van der Waals surface area contributed by atoms with Crippen molar-refractivity contribution in [2.45, 2.75) is 29.4 Å². The lowest BCUT2D eigenvalue weighted by Gasteiger charge is -2.26. The van der Waals surface area contributed by atoms with Crippen LogP contribution in [0.25, 0.3) is 0 Å². The van der Waals surface area contributed by atoms with Crippen LogP contribution in [-0.4, -0.2) is 76.1 Å². The Bertz CT molecular complexity index is 1390. The number of aryl methyl sites for hydroxylation is 1. The predicted octanol–water partition coefficient (Wildman–Crippen LogP) is 2.65. The van der Waals surface area contributed by atoms with Crippen LogP contribution in [0.3, 0.4) is 0 Å². The molecule has 9 nitrogen and oxygen atoms in total. The van der Waals surface area contributed by atoms with Gasteiger partial charge in [0, 0.05) is 26.2 Å². The summed E-state index contributed by atoms with van der Waals surface area (Å²) in [7, 11) is -7.52. The van der Waals surface area contributed by atoms with E-state index in [1.807, 2.05) is 37.3 Å². The van der Waals surface area contributed by atoms with E-state index in [0.29, 0.717) is 32.1 Å². The van der Waals surface area contributed by atoms with Gasteiger partial charge in [0.1, 0.15) is 18.5 Å². The molecule has 11 heteroatoms. The molecule has 1 heterocycles. The van der Waals surface area contributed by atoms with E-state index in [2.05, 4.69) is 0 Å². The SMILES string of the molecule is Cc1ccc(S(=O)(=O)N(Cc2ccccc2)C[C@H](O)COc2ccc(S(=O)(=O)N3CCOCC3)cc2)cc1. The van der Waals surface area contributed by atoms with Crippen LogP contribution in [0.1, 0.15) is 11.1 Å². The Morgan fingerprint density at radius 1 is 0.895 bits per heavy atom. The normalized spacial score (nSPS) is 15.9. The monoisotopic (exact) mass is 560 g/mol. The first-order chi connectivity index (χ1) is 18.2. The van der Waals surface area contributed by atoms with Crippen molar-refractivity contribution < 1.29 is 31.4 Å². The standard InChI is InChI=1S/C27H32N2O7S2/c1-22-7-11-26(12-8-22)38(33,34)29(19-23-5-3-2-4-6-23)20-24(30)21-36-25-9-13-27(14-10-25)37(31,32)28-15-17-35-18-16-28/h2-14,24,30H,15-21H2,1H3/t24-/m0/s1. The molecule has 0 aliphatic carbocycles. The van der Waals surface area contributed by atoms with Crippen LogP contribution in [0.2, 0.25) is 0 Å². The zero-order valence-electron chi connectivity index (χ0n) is 21.1. The van der Waals surface area contributed by atoms with Gasteiger partial charge in [-0.25, -0.2) is 16.8 Å². The molecular formula is C27H32N2O7S2. The summed E-state index contributed by atoms with van der Waals surface area (Å²) in [6.45, 7) is 2.93. The fourth-order valence-corrected chi connectivity index (χ4v) is 6.89. The molecule has 4 rings (SSSR count). The minimum absolute atomic E-state index is 0.0855.